The third-order valence-corrected chi connectivity index (χ3v) is 4.74. The van der Waals surface area contributed by atoms with Gasteiger partial charge in [-0.2, -0.15) is 0 Å². The van der Waals surface area contributed by atoms with E-state index in [1.807, 2.05) is 49.4 Å². The molecule has 2 aromatic carbocycles. The number of aliphatic imine (C=N–C) groups is 1. The Balaban J connectivity index is 1.61. The Bertz CT molecular complexity index is 1100. The molecule has 0 saturated heterocycles. The summed E-state index contributed by atoms with van der Waals surface area (Å²) in [7, 11) is 1.63. The van der Waals surface area contributed by atoms with Crippen LogP contribution < -0.4 is 4.74 Å². The number of benzene rings is 2. The van der Waals surface area contributed by atoms with Crippen LogP contribution in [0.3, 0.4) is 0 Å². The van der Waals surface area contributed by atoms with Gasteiger partial charge in [-0.3, -0.25) is 0 Å². The molecule has 4 aromatic rings. The van der Waals surface area contributed by atoms with Gasteiger partial charge in [-0.1, -0.05) is 29.0 Å². The Morgan fingerprint density at radius 3 is 2.73 bits per heavy atom. The Kier molecular flexibility index (Phi) is 4.14. The van der Waals surface area contributed by atoms with Crippen molar-refractivity contribution in [1.82, 2.24) is 9.97 Å². The summed E-state index contributed by atoms with van der Waals surface area (Å²) in [6.07, 6.45) is 1.45. The predicted molar refractivity (Wildman–Crippen MR) is 102 cm³/mol. The lowest BCUT2D eigenvalue weighted by Crippen LogP contribution is -1.83. The van der Waals surface area contributed by atoms with E-state index >= 15 is 0 Å². The number of fused-ring (bicyclic) bond motifs is 1. The number of hydrogen-bond acceptors (Lipinski definition) is 7. The minimum absolute atomic E-state index is 0.261. The van der Waals surface area contributed by atoms with E-state index in [-0.39, 0.29) is 11.6 Å². The van der Waals surface area contributed by atoms with Gasteiger partial charge in [-0.05, 0) is 37.3 Å². The first-order valence-electron chi connectivity index (χ1n) is 7.88. The van der Waals surface area contributed by atoms with Crippen molar-refractivity contribution in [2.45, 2.75) is 6.92 Å². The van der Waals surface area contributed by atoms with Gasteiger partial charge < -0.3 is 14.3 Å². The van der Waals surface area contributed by atoms with Crippen LogP contribution >= 0.6 is 11.3 Å². The van der Waals surface area contributed by atoms with Gasteiger partial charge in [0, 0.05) is 5.56 Å². The SMILES string of the molecule is COc1ccc2nc(/N=C/c3nc(-c4ccc(C)cc4)oc3O)sc2c1. The minimum atomic E-state index is -0.271. The number of oxazole rings is 1. The number of aryl methyl sites for hydroxylation is 1. The van der Waals surface area contributed by atoms with Crippen molar-refractivity contribution in [3.63, 3.8) is 0 Å². The van der Waals surface area contributed by atoms with Crippen molar-refractivity contribution < 1.29 is 14.3 Å². The van der Waals surface area contributed by atoms with Gasteiger partial charge in [0.05, 0.1) is 23.5 Å². The van der Waals surface area contributed by atoms with Gasteiger partial charge in [-0.15, -0.1) is 0 Å². The Hall–Kier alpha value is -3.19. The molecule has 0 aliphatic heterocycles. The van der Waals surface area contributed by atoms with Crippen LogP contribution in [0.15, 0.2) is 51.9 Å². The molecule has 0 amide bonds. The van der Waals surface area contributed by atoms with E-state index in [1.165, 1.54) is 17.6 Å². The summed E-state index contributed by atoms with van der Waals surface area (Å²) in [4.78, 5) is 13.0. The molecule has 0 fully saturated rings. The van der Waals surface area contributed by atoms with E-state index in [0.29, 0.717) is 11.0 Å². The van der Waals surface area contributed by atoms with Crippen LogP contribution in [0.1, 0.15) is 11.3 Å². The standard InChI is InChI=1S/C19H15N3O3S/c1-11-3-5-12(6-4-11)17-21-15(18(23)25-17)10-20-19-22-14-8-7-13(24-2)9-16(14)26-19/h3-10,23H,1-2H3/b20-10+. The van der Waals surface area contributed by atoms with E-state index in [0.717, 1.165) is 27.1 Å². The molecule has 7 heteroatoms. The monoisotopic (exact) mass is 365 g/mol. The van der Waals surface area contributed by atoms with Gasteiger partial charge in [0.1, 0.15) is 5.75 Å². The maximum absolute atomic E-state index is 9.98. The molecule has 0 bridgehead atoms. The fourth-order valence-electron chi connectivity index (χ4n) is 2.42. The molecule has 0 spiro atoms. The van der Waals surface area contributed by atoms with Crippen LogP contribution in [0.2, 0.25) is 0 Å². The molecule has 0 aliphatic rings. The summed E-state index contributed by atoms with van der Waals surface area (Å²) in [5.41, 5.74) is 3.03. The Morgan fingerprint density at radius 2 is 1.96 bits per heavy atom. The van der Waals surface area contributed by atoms with Crippen LogP contribution in [-0.2, 0) is 0 Å². The summed E-state index contributed by atoms with van der Waals surface area (Å²) in [6.45, 7) is 2.00. The zero-order valence-corrected chi connectivity index (χ0v) is 14.9. The molecule has 0 atom stereocenters. The summed E-state index contributed by atoms with van der Waals surface area (Å²) < 4.78 is 11.5. The van der Waals surface area contributed by atoms with Crippen molar-refractivity contribution in [3.05, 3.63) is 53.7 Å². The molecular formula is C19H15N3O3S. The molecular weight excluding hydrogens is 350 g/mol. The van der Waals surface area contributed by atoms with Crippen LogP contribution in [0, 0.1) is 6.92 Å². The second-order valence-corrected chi connectivity index (χ2v) is 6.67. The molecule has 0 radical (unpaired) electrons. The Morgan fingerprint density at radius 1 is 1.15 bits per heavy atom. The minimum Gasteiger partial charge on any atom is -0.497 e. The largest absolute Gasteiger partial charge is 0.497 e. The van der Waals surface area contributed by atoms with Crippen molar-refractivity contribution in [1.29, 1.82) is 0 Å². The van der Waals surface area contributed by atoms with Crippen molar-refractivity contribution in [2.24, 2.45) is 4.99 Å². The van der Waals surface area contributed by atoms with Gasteiger partial charge in [0.25, 0.3) is 0 Å². The first-order chi connectivity index (χ1) is 12.6. The van der Waals surface area contributed by atoms with Crippen LogP contribution in [0.4, 0.5) is 5.13 Å². The highest BCUT2D eigenvalue weighted by atomic mass is 32.1. The second-order valence-electron chi connectivity index (χ2n) is 5.66. The zero-order valence-electron chi connectivity index (χ0n) is 14.1. The molecule has 2 heterocycles. The molecule has 0 unspecified atom stereocenters. The second kappa shape index (κ2) is 6.61. The number of nitrogens with zero attached hydrogens (tertiary/aromatic N) is 3. The molecule has 6 nitrogen and oxygen atoms in total. The quantitative estimate of drug-likeness (QED) is 0.529. The third kappa shape index (κ3) is 3.16. The van der Waals surface area contributed by atoms with Crippen molar-refractivity contribution in [2.75, 3.05) is 7.11 Å². The first kappa shape index (κ1) is 16.3. The van der Waals surface area contributed by atoms with E-state index < -0.39 is 0 Å². The molecule has 130 valence electrons. The number of thiazole rings is 1. The fraction of sp³-hybridized carbons (Fsp3) is 0.105. The highest BCUT2D eigenvalue weighted by Gasteiger charge is 2.12. The molecule has 2 aromatic heterocycles. The zero-order chi connectivity index (χ0) is 18.1. The van der Waals surface area contributed by atoms with E-state index in [2.05, 4.69) is 15.0 Å². The number of ether oxygens (including phenoxy) is 1. The van der Waals surface area contributed by atoms with E-state index in [4.69, 9.17) is 9.15 Å². The highest BCUT2D eigenvalue weighted by Crippen LogP contribution is 2.31. The molecule has 4 rings (SSSR count). The van der Waals surface area contributed by atoms with E-state index in [1.54, 1.807) is 7.11 Å². The van der Waals surface area contributed by atoms with Gasteiger partial charge in [0.15, 0.2) is 5.69 Å². The summed E-state index contributed by atoms with van der Waals surface area (Å²) in [5.74, 6) is 0.846. The number of hydrogen-bond donors (Lipinski definition) is 1. The molecule has 0 saturated carbocycles. The fourth-order valence-corrected chi connectivity index (χ4v) is 3.26. The summed E-state index contributed by atoms with van der Waals surface area (Å²) >= 11 is 1.43. The average molecular weight is 365 g/mol. The third-order valence-electron chi connectivity index (χ3n) is 3.81. The number of aromatic hydroxyl groups is 1. The van der Waals surface area contributed by atoms with Crippen LogP contribution in [0.25, 0.3) is 21.7 Å². The maximum atomic E-state index is 9.98. The first-order valence-corrected chi connectivity index (χ1v) is 8.69. The molecule has 26 heavy (non-hydrogen) atoms. The summed E-state index contributed by atoms with van der Waals surface area (Å²) in [6, 6.07) is 13.3. The van der Waals surface area contributed by atoms with Gasteiger partial charge in [0.2, 0.25) is 11.0 Å². The highest BCUT2D eigenvalue weighted by molar-refractivity contribution is 7.22. The van der Waals surface area contributed by atoms with Gasteiger partial charge in [-0.25, -0.2) is 15.0 Å². The van der Waals surface area contributed by atoms with Crippen LogP contribution in [0.5, 0.6) is 11.7 Å². The van der Waals surface area contributed by atoms with Crippen LogP contribution in [-0.4, -0.2) is 28.4 Å². The smallest absolute Gasteiger partial charge is 0.312 e. The normalized spacial score (nSPS) is 11.5. The maximum Gasteiger partial charge on any atom is 0.312 e. The predicted octanol–water partition coefficient (Wildman–Crippen LogP) is 4.72. The average Bonchev–Trinajstić information content (AvgIpc) is 3.22. The van der Waals surface area contributed by atoms with E-state index in [9.17, 15) is 5.11 Å². The van der Waals surface area contributed by atoms with Crippen molar-refractivity contribution >= 4 is 32.9 Å². The Labute approximate surface area is 153 Å². The van der Waals surface area contributed by atoms with Crippen molar-refractivity contribution in [3.8, 4) is 23.1 Å². The number of aromatic nitrogens is 2. The number of rotatable bonds is 4. The molecule has 1 N–H and O–H groups in total. The summed E-state index contributed by atoms with van der Waals surface area (Å²) in [5, 5.41) is 10.5. The lowest BCUT2D eigenvalue weighted by Gasteiger charge is -1.96. The van der Waals surface area contributed by atoms with Gasteiger partial charge >= 0.3 is 5.95 Å². The lowest BCUT2D eigenvalue weighted by atomic mass is 10.1. The molecule has 0 aliphatic carbocycles. The number of methoxy groups -OCH3 is 1. The topological polar surface area (TPSA) is 80.7 Å². The lowest BCUT2D eigenvalue weighted by molar-refractivity contribution is 0.337.